The summed E-state index contributed by atoms with van der Waals surface area (Å²) in [6.07, 6.45) is 2.11. The number of primary amides is 1. The Bertz CT molecular complexity index is 498. The van der Waals surface area contributed by atoms with Crippen molar-refractivity contribution in [2.24, 2.45) is 5.73 Å². The number of hydrogen-bond acceptors (Lipinski definition) is 5. The lowest BCUT2D eigenvalue weighted by Crippen LogP contribution is -2.43. The maximum absolute atomic E-state index is 12.1. The summed E-state index contributed by atoms with van der Waals surface area (Å²) >= 11 is 0. The van der Waals surface area contributed by atoms with Crippen LogP contribution in [0.4, 0.5) is 0 Å². The molecule has 1 aromatic heterocycles. The summed E-state index contributed by atoms with van der Waals surface area (Å²) in [5, 5.41) is 3.85. The zero-order valence-corrected chi connectivity index (χ0v) is 11.8. The summed E-state index contributed by atoms with van der Waals surface area (Å²) < 4.78 is 5.09. The molecule has 7 heteroatoms. The van der Waals surface area contributed by atoms with Crippen LogP contribution in [-0.4, -0.2) is 39.4 Å². The standard InChI is InChI=1S/C13H20N4O3/c1-8(2)13-15-10(20-16-13)5-6-11(18)17-7-3-4-9(17)12(14)19/h8-9H,3-7H2,1-2H3,(H2,14,19)/t9-/m0/s1. The predicted molar refractivity (Wildman–Crippen MR) is 70.6 cm³/mol. The molecule has 0 spiro atoms. The summed E-state index contributed by atoms with van der Waals surface area (Å²) in [6, 6.07) is -0.462. The molecule has 0 aromatic carbocycles. The van der Waals surface area contributed by atoms with Crippen LogP contribution in [0.25, 0.3) is 0 Å². The van der Waals surface area contributed by atoms with Gasteiger partial charge in [0, 0.05) is 25.3 Å². The lowest BCUT2D eigenvalue weighted by atomic mass is 10.2. The van der Waals surface area contributed by atoms with E-state index in [2.05, 4.69) is 10.1 Å². The largest absolute Gasteiger partial charge is 0.368 e. The van der Waals surface area contributed by atoms with Gasteiger partial charge in [0.15, 0.2) is 5.82 Å². The van der Waals surface area contributed by atoms with E-state index in [9.17, 15) is 9.59 Å². The summed E-state index contributed by atoms with van der Waals surface area (Å²) in [6.45, 7) is 4.54. The van der Waals surface area contributed by atoms with Crippen molar-refractivity contribution in [2.75, 3.05) is 6.54 Å². The van der Waals surface area contributed by atoms with Crippen molar-refractivity contribution in [2.45, 2.75) is 51.5 Å². The number of nitrogens with two attached hydrogens (primary N) is 1. The van der Waals surface area contributed by atoms with Crippen LogP contribution in [0.5, 0.6) is 0 Å². The number of rotatable bonds is 5. The molecule has 1 saturated heterocycles. The van der Waals surface area contributed by atoms with Crippen LogP contribution in [0.15, 0.2) is 4.52 Å². The molecular weight excluding hydrogens is 260 g/mol. The van der Waals surface area contributed by atoms with Crippen LogP contribution >= 0.6 is 0 Å². The number of carbonyl (C=O) groups excluding carboxylic acids is 2. The maximum Gasteiger partial charge on any atom is 0.240 e. The second-order valence-electron chi connectivity index (χ2n) is 5.35. The van der Waals surface area contributed by atoms with Crippen molar-refractivity contribution < 1.29 is 14.1 Å². The normalized spacial score (nSPS) is 18.8. The van der Waals surface area contributed by atoms with Crippen LogP contribution < -0.4 is 5.73 Å². The first-order chi connectivity index (χ1) is 9.49. The first-order valence-corrected chi connectivity index (χ1v) is 6.90. The van der Waals surface area contributed by atoms with Gasteiger partial charge in [-0.15, -0.1) is 0 Å². The molecule has 20 heavy (non-hydrogen) atoms. The zero-order valence-electron chi connectivity index (χ0n) is 11.8. The molecule has 1 fully saturated rings. The number of nitrogens with zero attached hydrogens (tertiary/aromatic N) is 3. The van der Waals surface area contributed by atoms with Gasteiger partial charge in [-0.3, -0.25) is 9.59 Å². The monoisotopic (exact) mass is 280 g/mol. The van der Waals surface area contributed by atoms with E-state index in [1.807, 2.05) is 13.8 Å². The highest BCUT2D eigenvalue weighted by atomic mass is 16.5. The second-order valence-corrected chi connectivity index (χ2v) is 5.35. The van der Waals surface area contributed by atoms with E-state index in [0.29, 0.717) is 31.1 Å². The van der Waals surface area contributed by atoms with Gasteiger partial charge in [-0.1, -0.05) is 19.0 Å². The molecule has 2 N–H and O–H groups in total. The molecule has 0 bridgehead atoms. The molecule has 2 heterocycles. The summed E-state index contributed by atoms with van der Waals surface area (Å²) in [5.74, 6) is 0.771. The molecule has 1 aromatic rings. The quantitative estimate of drug-likeness (QED) is 0.851. The lowest BCUT2D eigenvalue weighted by molar-refractivity contribution is -0.137. The SMILES string of the molecule is CC(C)c1noc(CCC(=O)N2CCC[C@H]2C(N)=O)n1. The minimum Gasteiger partial charge on any atom is -0.368 e. The van der Waals surface area contributed by atoms with Crippen LogP contribution in [0.3, 0.4) is 0 Å². The van der Waals surface area contributed by atoms with Gasteiger partial charge in [0.2, 0.25) is 17.7 Å². The minimum atomic E-state index is -0.462. The molecule has 0 saturated carbocycles. The highest BCUT2D eigenvalue weighted by molar-refractivity contribution is 5.87. The summed E-state index contributed by atoms with van der Waals surface area (Å²) in [5.41, 5.74) is 5.30. The Labute approximate surface area is 117 Å². The Kier molecular flexibility index (Phi) is 4.36. The van der Waals surface area contributed by atoms with E-state index in [-0.39, 0.29) is 18.2 Å². The third kappa shape index (κ3) is 3.15. The van der Waals surface area contributed by atoms with E-state index in [4.69, 9.17) is 10.3 Å². The van der Waals surface area contributed by atoms with Gasteiger partial charge in [-0.2, -0.15) is 4.98 Å². The molecular formula is C13H20N4O3. The second kappa shape index (κ2) is 6.02. The van der Waals surface area contributed by atoms with Gasteiger partial charge in [0.05, 0.1) is 0 Å². The highest BCUT2D eigenvalue weighted by Crippen LogP contribution is 2.18. The van der Waals surface area contributed by atoms with Gasteiger partial charge in [-0.05, 0) is 12.8 Å². The van der Waals surface area contributed by atoms with Crippen LogP contribution in [-0.2, 0) is 16.0 Å². The van der Waals surface area contributed by atoms with E-state index in [1.54, 1.807) is 4.90 Å². The molecule has 0 aliphatic carbocycles. The van der Waals surface area contributed by atoms with Gasteiger partial charge >= 0.3 is 0 Å². The smallest absolute Gasteiger partial charge is 0.240 e. The van der Waals surface area contributed by atoms with E-state index in [0.717, 1.165) is 6.42 Å². The molecule has 1 aliphatic heterocycles. The fraction of sp³-hybridized carbons (Fsp3) is 0.692. The fourth-order valence-electron chi connectivity index (χ4n) is 2.32. The number of carbonyl (C=O) groups is 2. The van der Waals surface area contributed by atoms with Gasteiger partial charge in [0.25, 0.3) is 0 Å². The average molecular weight is 280 g/mol. The van der Waals surface area contributed by atoms with E-state index in [1.165, 1.54) is 0 Å². The van der Waals surface area contributed by atoms with Crippen molar-refractivity contribution in [1.82, 2.24) is 15.0 Å². The van der Waals surface area contributed by atoms with Crippen LogP contribution in [0.2, 0.25) is 0 Å². The molecule has 2 rings (SSSR count). The van der Waals surface area contributed by atoms with Crippen molar-refractivity contribution in [3.63, 3.8) is 0 Å². The molecule has 0 unspecified atom stereocenters. The third-order valence-electron chi connectivity index (χ3n) is 3.45. The van der Waals surface area contributed by atoms with Crippen molar-refractivity contribution in [1.29, 1.82) is 0 Å². The third-order valence-corrected chi connectivity index (χ3v) is 3.45. The Balaban J connectivity index is 1.89. The molecule has 1 atom stereocenters. The van der Waals surface area contributed by atoms with Gasteiger partial charge in [0.1, 0.15) is 6.04 Å². The Morgan fingerprint density at radius 3 is 2.85 bits per heavy atom. The lowest BCUT2D eigenvalue weighted by Gasteiger charge is -2.21. The van der Waals surface area contributed by atoms with Crippen molar-refractivity contribution in [3.05, 3.63) is 11.7 Å². The van der Waals surface area contributed by atoms with Gasteiger partial charge in [-0.25, -0.2) is 0 Å². The number of likely N-dealkylation sites (tertiary alicyclic amines) is 1. The highest BCUT2D eigenvalue weighted by Gasteiger charge is 2.32. The Morgan fingerprint density at radius 2 is 2.25 bits per heavy atom. The summed E-state index contributed by atoms with van der Waals surface area (Å²) in [7, 11) is 0. The van der Waals surface area contributed by atoms with Crippen LogP contribution in [0.1, 0.15) is 50.7 Å². The first-order valence-electron chi connectivity index (χ1n) is 6.90. The maximum atomic E-state index is 12.1. The zero-order chi connectivity index (χ0) is 14.7. The fourth-order valence-corrected chi connectivity index (χ4v) is 2.32. The Morgan fingerprint density at radius 1 is 1.50 bits per heavy atom. The number of aromatic nitrogens is 2. The predicted octanol–water partition coefficient (Wildman–Crippen LogP) is 0.602. The van der Waals surface area contributed by atoms with E-state index >= 15 is 0 Å². The molecule has 0 radical (unpaired) electrons. The van der Waals surface area contributed by atoms with E-state index < -0.39 is 11.9 Å². The molecule has 1 aliphatic rings. The average Bonchev–Trinajstić information content (AvgIpc) is 3.04. The van der Waals surface area contributed by atoms with Crippen molar-refractivity contribution in [3.8, 4) is 0 Å². The summed E-state index contributed by atoms with van der Waals surface area (Å²) in [4.78, 5) is 29.1. The topological polar surface area (TPSA) is 102 Å². The first kappa shape index (κ1) is 14.5. The Hall–Kier alpha value is -1.92. The molecule has 110 valence electrons. The van der Waals surface area contributed by atoms with Crippen LogP contribution in [0, 0.1) is 0 Å². The van der Waals surface area contributed by atoms with Gasteiger partial charge < -0.3 is 15.2 Å². The number of amides is 2. The minimum absolute atomic E-state index is 0.0874. The number of aryl methyl sites for hydroxylation is 1. The van der Waals surface area contributed by atoms with Crippen molar-refractivity contribution >= 4 is 11.8 Å². The molecule has 2 amide bonds. The number of hydrogen-bond donors (Lipinski definition) is 1. The molecule has 7 nitrogen and oxygen atoms in total.